The number of aromatic amines is 1. The second kappa shape index (κ2) is 13.1. The predicted octanol–water partition coefficient (Wildman–Crippen LogP) is 3.49. The van der Waals surface area contributed by atoms with Crippen molar-refractivity contribution in [1.29, 1.82) is 5.26 Å². The van der Waals surface area contributed by atoms with Crippen molar-refractivity contribution in [3.05, 3.63) is 81.6 Å². The number of alkyl carbamates (subject to hydrolysis) is 1. The number of benzene rings is 2. The minimum absolute atomic E-state index is 0.00902. The summed E-state index contributed by atoms with van der Waals surface area (Å²) in [5, 5.41) is 16.3. The van der Waals surface area contributed by atoms with Crippen molar-refractivity contribution in [1.82, 2.24) is 20.5 Å². The van der Waals surface area contributed by atoms with Crippen LogP contribution in [0.15, 0.2) is 59.4 Å². The van der Waals surface area contributed by atoms with E-state index in [0.29, 0.717) is 24.1 Å². The van der Waals surface area contributed by atoms with Crippen molar-refractivity contribution in [3.8, 4) is 6.07 Å². The molecule has 0 bridgehead atoms. The number of aryl methyl sites for hydroxylation is 1. The van der Waals surface area contributed by atoms with Crippen molar-refractivity contribution in [2.75, 3.05) is 6.61 Å². The number of H-pyrrole nitrogens is 1. The molecule has 45 heavy (non-hydrogen) atoms. The number of nitriles is 1. The van der Waals surface area contributed by atoms with Gasteiger partial charge in [0, 0.05) is 30.5 Å². The molecule has 2 aliphatic heterocycles. The van der Waals surface area contributed by atoms with E-state index in [1.807, 2.05) is 76.2 Å². The number of pyridine rings is 1. The van der Waals surface area contributed by atoms with E-state index in [4.69, 9.17) is 9.47 Å². The second-order valence-electron chi connectivity index (χ2n) is 12.9. The number of rotatable bonds is 8. The Labute approximate surface area is 261 Å². The Morgan fingerprint density at radius 3 is 2.60 bits per heavy atom. The minimum Gasteiger partial charge on any atom is -0.445 e. The monoisotopic (exact) mass is 613 g/mol. The number of carbonyl (C=O) groups excluding carboxylic acids is 3. The molecule has 3 N–H and O–H groups in total. The zero-order valence-corrected chi connectivity index (χ0v) is 26.0. The molecule has 0 radical (unpaired) electrons. The Bertz CT molecular complexity index is 1670. The quantitative estimate of drug-likeness (QED) is 0.352. The molecule has 2 aliphatic rings. The number of aromatic nitrogens is 1. The van der Waals surface area contributed by atoms with Gasteiger partial charge in [-0.05, 0) is 47.9 Å². The van der Waals surface area contributed by atoms with Crippen LogP contribution in [-0.4, -0.2) is 64.7 Å². The molecule has 1 aromatic heterocycles. The van der Waals surface area contributed by atoms with Gasteiger partial charge in [-0.1, -0.05) is 62.7 Å². The smallest absolute Gasteiger partial charge is 0.408 e. The Morgan fingerprint density at radius 1 is 1.13 bits per heavy atom. The molecule has 11 heteroatoms. The SMILES string of the molecule is Cc1ccc2[nH]c(=O)c(C[C@@H](C#N)NC(=O)C3C[C@H]4OCC[C@H]4N3C(=O)[C@@H](NC(=O)OCc3ccccc3)C(C)(C)C)cc2c1. The maximum Gasteiger partial charge on any atom is 0.408 e. The normalized spacial score (nSPS) is 20.6. The number of hydrogen-bond donors (Lipinski definition) is 3. The molecule has 0 spiro atoms. The van der Waals surface area contributed by atoms with Gasteiger partial charge >= 0.3 is 6.09 Å². The highest BCUT2D eigenvalue weighted by molar-refractivity contribution is 5.93. The van der Waals surface area contributed by atoms with Crippen LogP contribution < -0.4 is 16.2 Å². The molecule has 0 saturated carbocycles. The van der Waals surface area contributed by atoms with E-state index < -0.39 is 41.4 Å². The maximum absolute atomic E-state index is 14.2. The van der Waals surface area contributed by atoms with Crippen molar-refractivity contribution < 1.29 is 23.9 Å². The summed E-state index contributed by atoms with van der Waals surface area (Å²) in [5.74, 6) is -0.938. The van der Waals surface area contributed by atoms with Crippen LogP contribution in [-0.2, 0) is 32.1 Å². The summed E-state index contributed by atoms with van der Waals surface area (Å²) in [6.45, 7) is 7.93. The Balaban J connectivity index is 1.32. The number of carbonyl (C=O) groups is 3. The molecular weight excluding hydrogens is 574 g/mol. The zero-order chi connectivity index (χ0) is 32.3. The molecule has 5 atom stereocenters. The Hall–Kier alpha value is -4.69. The van der Waals surface area contributed by atoms with Crippen LogP contribution in [0.2, 0.25) is 0 Å². The minimum atomic E-state index is -1.01. The third-order valence-corrected chi connectivity index (χ3v) is 8.44. The first-order valence-corrected chi connectivity index (χ1v) is 15.2. The molecule has 3 heterocycles. The number of likely N-dealkylation sites (tertiary alicyclic amines) is 1. The van der Waals surface area contributed by atoms with Crippen LogP contribution in [0, 0.1) is 23.7 Å². The lowest BCUT2D eigenvalue weighted by Gasteiger charge is -2.37. The lowest BCUT2D eigenvalue weighted by atomic mass is 9.85. The summed E-state index contributed by atoms with van der Waals surface area (Å²) < 4.78 is 11.3. The van der Waals surface area contributed by atoms with Crippen molar-refractivity contribution in [3.63, 3.8) is 0 Å². The lowest BCUT2D eigenvalue weighted by molar-refractivity contribution is -0.144. The van der Waals surface area contributed by atoms with Crippen LogP contribution in [0.1, 0.15) is 50.3 Å². The average molecular weight is 614 g/mol. The Morgan fingerprint density at radius 2 is 1.89 bits per heavy atom. The molecule has 2 aromatic carbocycles. The lowest BCUT2D eigenvalue weighted by Crippen LogP contribution is -2.60. The average Bonchev–Trinajstić information content (AvgIpc) is 3.60. The van der Waals surface area contributed by atoms with Crippen molar-refractivity contribution in [2.45, 2.75) is 83.8 Å². The number of nitrogens with one attached hydrogen (secondary N) is 3. The highest BCUT2D eigenvalue weighted by Gasteiger charge is 2.52. The van der Waals surface area contributed by atoms with Gasteiger partial charge in [0.05, 0.1) is 18.2 Å². The van der Waals surface area contributed by atoms with Crippen LogP contribution >= 0.6 is 0 Å². The largest absolute Gasteiger partial charge is 0.445 e. The molecule has 236 valence electrons. The van der Waals surface area contributed by atoms with E-state index >= 15 is 0 Å². The molecule has 3 aromatic rings. The summed E-state index contributed by atoms with van der Waals surface area (Å²) in [5.41, 5.74) is 1.83. The van der Waals surface area contributed by atoms with Crippen LogP contribution in [0.4, 0.5) is 4.79 Å². The van der Waals surface area contributed by atoms with Crippen molar-refractivity contribution >= 4 is 28.8 Å². The van der Waals surface area contributed by atoms with Crippen LogP contribution in [0.3, 0.4) is 0 Å². The van der Waals surface area contributed by atoms with Gasteiger partial charge in [-0.3, -0.25) is 14.4 Å². The standard InChI is InChI=1S/C34H39N5O6/c1-20-10-11-25-22(14-20)15-23(30(40)37-25)16-24(18-35)36-31(41)27-17-28-26(12-13-44-28)39(27)32(42)29(34(2,3)4)38-33(43)45-19-21-8-6-5-7-9-21/h5-11,14-15,24,26-29H,12-13,16-17,19H2,1-4H3,(H,36,41)(H,37,40)(H,38,43)/t24-,26+,27?,28+,29+/m0/s1. The molecule has 11 nitrogen and oxygen atoms in total. The number of ether oxygens (including phenoxy) is 2. The van der Waals surface area contributed by atoms with Gasteiger partial charge in [-0.25, -0.2) is 4.79 Å². The van der Waals surface area contributed by atoms with E-state index in [0.717, 1.165) is 16.5 Å². The summed E-state index contributed by atoms with van der Waals surface area (Å²) in [4.78, 5) is 57.9. The number of fused-ring (bicyclic) bond motifs is 2. The Kier molecular flexibility index (Phi) is 9.25. The van der Waals surface area contributed by atoms with Gasteiger partial charge in [-0.15, -0.1) is 0 Å². The van der Waals surface area contributed by atoms with E-state index in [9.17, 15) is 24.4 Å². The topological polar surface area (TPSA) is 154 Å². The first kappa shape index (κ1) is 31.7. The molecule has 2 fully saturated rings. The van der Waals surface area contributed by atoms with Gasteiger partial charge in [0.2, 0.25) is 11.8 Å². The fourth-order valence-corrected chi connectivity index (χ4v) is 6.12. The number of nitrogens with zero attached hydrogens (tertiary/aromatic N) is 2. The first-order chi connectivity index (χ1) is 21.4. The summed E-state index contributed by atoms with van der Waals surface area (Å²) in [6, 6.07) is 15.4. The summed E-state index contributed by atoms with van der Waals surface area (Å²) in [7, 11) is 0. The van der Waals surface area contributed by atoms with E-state index in [1.165, 1.54) is 4.90 Å². The third-order valence-electron chi connectivity index (χ3n) is 8.44. The van der Waals surface area contributed by atoms with E-state index in [2.05, 4.69) is 21.7 Å². The van der Waals surface area contributed by atoms with Gasteiger partial charge in [0.1, 0.15) is 24.7 Å². The van der Waals surface area contributed by atoms with Crippen LogP contribution in [0.25, 0.3) is 10.9 Å². The highest BCUT2D eigenvalue weighted by Crippen LogP contribution is 2.36. The van der Waals surface area contributed by atoms with E-state index in [1.54, 1.807) is 6.07 Å². The zero-order valence-electron chi connectivity index (χ0n) is 26.0. The van der Waals surface area contributed by atoms with Gasteiger partial charge in [-0.2, -0.15) is 5.26 Å². The second-order valence-corrected chi connectivity index (χ2v) is 12.9. The highest BCUT2D eigenvalue weighted by atomic mass is 16.5. The fraction of sp³-hybridized carbons (Fsp3) is 0.441. The summed E-state index contributed by atoms with van der Waals surface area (Å²) in [6.07, 6.45) is -0.297. The van der Waals surface area contributed by atoms with Gasteiger partial charge in [0.15, 0.2) is 0 Å². The van der Waals surface area contributed by atoms with Gasteiger partial charge < -0.3 is 30.0 Å². The molecule has 0 aliphatic carbocycles. The molecule has 1 unspecified atom stereocenters. The number of hydrogen-bond acceptors (Lipinski definition) is 7. The molecular formula is C34H39N5O6. The summed E-state index contributed by atoms with van der Waals surface area (Å²) >= 11 is 0. The predicted molar refractivity (Wildman–Crippen MR) is 167 cm³/mol. The van der Waals surface area contributed by atoms with Crippen molar-refractivity contribution in [2.24, 2.45) is 5.41 Å². The number of amides is 3. The molecule has 5 rings (SSSR count). The molecule has 3 amide bonds. The maximum atomic E-state index is 14.2. The fourth-order valence-electron chi connectivity index (χ4n) is 6.12. The first-order valence-electron chi connectivity index (χ1n) is 15.2. The van der Waals surface area contributed by atoms with Gasteiger partial charge in [0.25, 0.3) is 5.56 Å². The van der Waals surface area contributed by atoms with E-state index in [-0.39, 0.29) is 37.2 Å². The van der Waals surface area contributed by atoms with Crippen LogP contribution in [0.5, 0.6) is 0 Å². The third kappa shape index (κ3) is 7.18. The molecule has 2 saturated heterocycles.